The highest BCUT2D eigenvalue weighted by Gasteiger charge is 2.44. The van der Waals surface area contributed by atoms with Crippen molar-refractivity contribution in [3.63, 3.8) is 0 Å². The van der Waals surface area contributed by atoms with E-state index in [4.69, 9.17) is 9.72 Å². The van der Waals surface area contributed by atoms with E-state index in [0.29, 0.717) is 19.3 Å². The Morgan fingerprint density at radius 2 is 1.71 bits per heavy atom. The van der Waals surface area contributed by atoms with Crippen molar-refractivity contribution in [3.8, 4) is 11.4 Å². The Hall–Kier alpha value is -3.04. The standard InChI is InChI=1S/C29H38N8O/c1-2-13-35(12-1)28-17-30-16-26(32-28)27-19-37(34-33-27)29(20-38-21-29)23-8-10-25(11-9-23)36-14-4-7-24(18-36)31-15-22-5-3-6-22/h8-11,16-17,19,22,24,31H,1-7,12-15,18,20-21H2. The van der Waals surface area contributed by atoms with Crippen molar-refractivity contribution in [2.75, 3.05) is 55.7 Å². The van der Waals surface area contributed by atoms with Crippen LogP contribution in [0.15, 0.2) is 42.9 Å². The lowest BCUT2D eigenvalue weighted by molar-refractivity contribution is -0.0829. The Labute approximate surface area is 224 Å². The minimum Gasteiger partial charge on any atom is -0.375 e. The van der Waals surface area contributed by atoms with Crippen LogP contribution >= 0.6 is 0 Å². The Bertz CT molecular complexity index is 1230. The molecule has 1 atom stereocenters. The van der Waals surface area contributed by atoms with E-state index in [1.807, 2.05) is 17.1 Å². The second-order valence-corrected chi connectivity index (χ2v) is 11.6. The van der Waals surface area contributed by atoms with Crippen molar-refractivity contribution < 1.29 is 4.74 Å². The maximum absolute atomic E-state index is 5.73. The van der Waals surface area contributed by atoms with Crippen LogP contribution in [-0.4, -0.2) is 76.9 Å². The second-order valence-electron chi connectivity index (χ2n) is 11.6. The van der Waals surface area contributed by atoms with Crippen LogP contribution < -0.4 is 15.1 Å². The molecule has 5 heterocycles. The molecule has 200 valence electrons. The summed E-state index contributed by atoms with van der Waals surface area (Å²) in [5, 5.41) is 12.9. The molecule has 3 saturated heterocycles. The van der Waals surface area contributed by atoms with Gasteiger partial charge in [0.1, 0.15) is 22.7 Å². The van der Waals surface area contributed by atoms with Gasteiger partial charge in [-0.2, -0.15) is 0 Å². The topological polar surface area (TPSA) is 84.2 Å². The van der Waals surface area contributed by atoms with E-state index < -0.39 is 0 Å². The highest BCUT2D eigenvalue weighted by atomic mass is 16.5. The van der Waals surface area contributed by atoms with E-state index >= 15 is 0 Å². The van der Waals surface area contributed by atoms with Gasteiger partial charge in [-0.1, -0.05) is 23.8 Å². The van der Waals surface area contributed by atoms with E-state index in [0.717, 1.165) is 49.3 Å². The van der Waals surface area contributed by atoms with Crippen molar-refractivity contribution in [2.24, 2.45) is 5.92 Å². The summed E-state index contributed by atoms with van der Waals surface area (Å²) in [4.78, 5) is 14.1. The van der Waals surface area contributed by atoms with Crippen molar-refractivity contribution in [2.45, 2.75) is 56.5 Å². The molecule has 4 aliphatic rings. The summed E-state index contributed by atoms with van der Waals surface area (Å²) >= 11 is 0. The van der Waals surface area contributed by atoms with Gasteiger partial charge in [0.25, 0.3) is 0 Å². The smallest absolute Gasteiger partial charge is 0.147 e. The zero-order chi connectivity index (χ0) is 25.4. The van der Waals surface area contributed by atoms with E-state index in [-0.39, 0.29) is 5.54 Å². The molecule has 0 spiro atoms. The fourth-order valence-electron chi connectivity index (χ4n) is 6.29. The zero-order valence-electron chi connectivity index (χ0n) is 22.1. The SMILES string of the molecule is c1cc(C2(n3cc(-c4cncc(N5CCCC5)n4)nn3)COC2)ccc1N1CCCC(NCC2CCC2)C1. The van der Waals surface area contributed by atoms with Crippen LogP contribution in [-0.2, 0) is 10.3 Å². The predicted molar refractivity (Wildman–Crippen MR) is 147 cm³/mol. The van der Waals surface area contributed by atoms with Crippen LogP contribution in [0.5, 0.6) is 0 Å². The van der Waals surface area contributed by atoms with Crippen LogP contribution in [0, 0.1) is 5.92 Å². The molecular formula is C29H38N8O. The van der Waals surface area contributed by atoms with Gasteiger partial charge in [0.05, 0.1) is 31.8 Å². The van der Waals surface area contributed by atoms with E-state index in [9.17, 15) is 0 Å². The minimum atomic E-state index is -0.335. The summed E-state index contributed by atoms with van der Waals surface area (Å²) in [6.45, 7) is 6.65. The van der Waals surface area contributed by atoms with Gasteiger partial charge in [-0.3, -0.25) is 4.98 Å². The summed E-state index contributed by atoms with van der Waals surface area (Å²) < 4.78 is 7.69. The number of rotatable bonds is 8. The van der Waals surface area contributed by atoms with Crippen molar-refractivity contribution in [1.82, 2.24) is 30.3 Å². The molecule has 1 aliphatic carbocycles. The van der Waals surface area contributed by atoms with Crippen LogP contribution in [0.3, 0.4) is 0 Å². The highest BCUT2D eigenvalue weighted by Crippen LogP contribution is 2.36. The summed E-state index contributed by atoms with van der Waals surface area (Å²) in [6.07, 6.45) is 14.8. The lowest BCUT2D eigenvalue weighted by Crippen LogP contribution is -2.53. The molecule has 38 heavy (non-hydrogen) atoms. The third kappa shape index (κ3) is 4.56. The van der Waals surface area contributed by atoms with E-state index in [1.165, 1.54) is 62.7 Å². The molecule has 0 amide bonds. The highest BCUT2D eigenvalue weighted by molar-refractivity contribution is 5.55. The van der Waals surface area contributed by atoms with Gasteiger partial charge < -0.3 is 19.9 Å². The van der Waals surface area contributed by atoms with Gasteiger partial charge in [0, 0.05) is 37.9 Å². The van der Waals surface area contributed by atoms with Gasteiger partial charge in [-0.25, -0.2) is 9.67 Å². The average Bonchev–Trinajstić information content (AvgIpc) is 3.62. The normalized spacial score (nSPS) is 23.3. The van der Waals surface area contributed by atoms with Crippen molar-refractivity contribution in [1.29, 1.82) is 0 Å². The first-order valence-corrected chi connectivity index (χ1v) is 14.4. The number of ether oxygens (including phenoxy) is 1. The Balaban J connectivity index is 1.06. The molecule has 9 nitrogen and oxygen atoms in total. The molecule has 3 aromatic rings. The van der Waals surface area contributed by atoms with Gasteiger partial charge in [-0.15, -0.1) is 5.10 Å². The van der Waals surface area contributed by atoms with Gasteiger partial charge >= 0.3 is 0 Å². The molecule has 9 heteroatoms. The number of anilines is 2. The molecule has 0 bridgehead atoms. The molecule has 0 radical (unpaired) electrons. The minimum absolute atomic E-state index is 0.335. The maximum atomic E-state index is 5.73. The summed E-state index contributed by atoms with van der Waals surface area (Å²) in [5.41, 5.74) is 3.68. The second kappa shape index (κ2) is 10.3. The first-order valence-electron chi connectivity index (χ1n) is 14.4. The number of nitrogens with zero attached hydrogens (tertiary/aromatic N) is 7. The third-order valence-corrected chi connectivity index (χ3v) is 9.04. The molecule has 7 rings (SSSR count). The number of nitrogens with one attached hydrogen (secondary N) is 1. The molecule has 1 unspecified atom stereocenters. The largest absolute Gasteiger partial charge is 0.375 e. The lowest BCUT2D eigenvalue weighted by atomic mass is 9.85. The van der Waals surface area contributed by atoms with Gasteiger partial charge in [-0.05, 0) is 68.7 Å². The van der Waals surface area contributed by atoms with Crippen LogP contribution in [0.2, 0.25) is 0 Å². The Morgan fingerprint density at radius 1 is 0.895 bits per heavy atom. The molecule has 1 N–H and O–H groups in total. The molecular weight excluding hydrogens is 476 g/mol. The molecule has 1 aromatic carbocycles. The number of piperidine rings is 1. The van der Waals surface area contributed by atoms with E-state index in [1.54, 1.807) is 6.20 Å². The Kier molecular flexibility index (Phi) is 6.49. The number of hydrogen-bond acceptors (Lipinski definition) is 8. The van der Waals surface area contributed by atoms with Crippen LogP contribution in [0.4, 0.5) is 11.5 Å². The quantitative estimate of drug-likeness (QED) is 0.489. The van der Waals surface area contributed by atoms with Crippen molar-refractivity contribution >= 4 is 11.5 Å². The molecule has 4 fully saturated rings. The molecule has 3 aliphatic heterocycles. The number of hydrogen-bond donors (Lipinski definition) is 1. The van der Waals surface area contributed by atoms with E-state index in [2.05, 4.69) is 54.7 Å². The fraction of sp³-hybridized carbons (Fsp3) is 0.586. The zero-order valence-corrected chi connectivity index (χ0v) is 22.1. The van der Waals surface area contributed by atoms with Gasteiger partial charge in [0.2, 0.25) is 0 Å². The lowest BCUT2D eigenvalue weighted by Gasteiger charge is -2.42. The first-order chi connectivity index (χ1) is 18.8. The Morgan fingerprint density at radius 3 is 2.45 bits per heavy atom. The first kappa shape index (κ1) is 24.0. The monoisotopic (exact) mass is 514 g/mol. The van der Waals surface area contributed by atoms with Crippen LogP contribution in [0.1, 0.15) is 50.5 Å². The number of aromatic nitrogens is 5. The van der Waals surface area contributed by atoms with Crippen molar-refractivity contribution in [3.05, 3.63) is 48.4 Å². The summed E-state index contributed by atoms with van der Waals surface area (Å²) in [7, 11) is 0. The van der Waals surface area contributed by atoms with Crippen LogP contribution in [0.25, 0.3) is 11.4 Å². The third-order valence-electron chi connectivity index (χ3n) is 9.04. The summed E-state index contributed by atoms with van der Waals surface area (Å²) in [6, 6.07) is 9.63. The maximum Gasteiger partial charge on any atom is 0.147 e. The average molecular weight is 515 g/mol. The fourth-order valence-corrected chi connectivity index (χ4v) is 6.29. The molecule has 2 aromatic heterocycles. The van der Waals surface area contributed by atoms with Gasteiger partial charge in [0.15, 0.2) is 0 Å². The number of benzene rings is 1. The summed E-state index contributed by atoms with van der Waals surface area (Å²) in [5.74, 6) is 1.83. The predicted octanol–water partition coefficient (Wildman–Crippen LogP) is 3.47. The molecule has 1 saturated carbocycles.